The molecule has 0 spiro atoms. The molecule has 2 aromatic heterocycles. The zero-order valence-electron chi connectivity index (χ0n) is 14.6. The van der Waals surface area contributed by atoms with E-state index >= 15 is 0 Å². The van der Waals surface area contributed by atoms with Crippen LogP contribution in [0.3, 0.4) is 0 Å². The quantitative estimate of drug-likeness (QED) is 0.734. The molecule has 3 heterocycles. The molecule has 0 N–H and O–H groups in total. The number of piperazine rings is 1. The van der Waals surface area contributed by atoms with Gasteiger partial charge in [0.2, 0.25) is 5.95 Å². The lowest BCUT2D eigenvalue weighted by Crippen LogP contribution is -2.47. The summed E-state index contributed by atoms with van der Waals surface area (Å²) in [6, 6.07) is 6.73. The van der Waals surface area contributed by atoms with E-state index < -0.39 is 0 Å². The normalized spacial score (nSPS) is 17.0. The average Bonchev–Trinajstić information content (AvgIpc) is 2.68. The van der Waals surface area contributed by atoms with Crippen molar-refractivity contribution < 1.29 is 0 Å². The van der Waals surface area contributed by atoms with Gasteiger partial charge in [-0.3, -0.25) is 14.9 Å². The van der Waals surface area contributed by atoms with Crippen LogP contribution in [0.25, 0.3) is 11.0 Å². The Balaban J connectivity index is 1.45. The van der Waals surface area contributed by atoms with Gasteiger partial charge < -0.3 is 4.90 Å². The van der Waals surface area contributed by atoms with Crippen molar-refractivity contribution in [3.05, 3.63) is 54.1 Å². The molecule has 0 radical (unpaired) electrons. The van der Waals surface area contributed by atoms with Crippen LogP contribution in [0.5, 0.6) is 0 Å². The Kier molecular flexibility index (Phi) is 4.28. The Morgan fingerprint density at radius 3 is 2.28 bits per heavy atom. The van der Waals surface area contributed by atoms with Gasteiger partial charge in [-0.15, -0.1) is 0 Å². The highest BCUT2D eigenvalue weighted by molar-refractivity contribution is 5.74. The number of fused-ring (bicyclic) bond motifs is 1. The van der Waals surface area contributed by atoms with Crippen LogP contribution in [0.1, 0.15) is 24.1 Å². The second-order valence-electron chi connectivity index (χ2n) is 6.56. The van der Waals surface area contributed by atoms with Crippen molar-refractivity contribution >= 4 is 17.0 Å². The fourth-order valence-corrected chi connectivity index (χ4v) is 3.31. The topological polar surface area (TPSA) is 58.0 Å². The van der Waals surface area contributed by atoms with Crippen LogP contribution < -0.4 is 4.90 Å². The van der Waals surface area contributed by atoms with E-state index in [0.29, 0.717) is 6.04 Å². The SMILES string of the molecule is Cc1cnc(N2CCN(C(C)c3ccc4nccnc4c3)CC2)nc1. The maximum Gasteiger partial charge on any atom is 0.225 e. The molecule has 3 aromatic rings. The highest BCUT2D eigenvalue weighted by Crippen LogP contribution is 2.24. The summed E-state index contributed by atoms with van der Waals surface area (Å²) in [6.45, 7) is 8.16. The third-order valence-corrected chi connectivity index (χ3v) is 4.89. The minimum absolute atomic E-state index is 0.354. The minimum atomic E-state index is 0.354. The molecule has 6 nitrogen and oxygen atoms in total. The van der Waals surface area contributed by atoms with E-state index in [1.165, 1.54) is 5.56 Å². The molecule has 1 aliphatic heterocycles. The van der Waals surface area contributed by atoms with Gasteiger partial charge in [0.15, 0.2) is 0 Å². The van der Waals surface area contributed by atoms with Gasteiger partial charge in [0.25, 0.3) is 0 Å². The third-order valence-electron chi connectivity index (χ3n) is 4.89. The van der Waals surface area contributed by atoms with Gasteiger partial charge in [-0.2, -0.15) is 0 Å². The number of nitrogens with zero attached hydrogens (tertiary/aromatic N) is 6. The van der Waals surface area contributed by atoms with E-state index in [1.54, 1.807) is 12.4 Å². The molecule has 1 atom stereocenters. The molecular formula is C19H22N6. The number of aromatic nitrogens is 4. The zero-order chi connectivity index (χ0) is 17.2. The molecule has 1 fully saturated rings. The third kappa shape index (κ3) is 3.30. The number of benzene rings is 1. The number of hydrogen-bond donors (Lipinski definition) is 0. The standard InChI is InChI=1S/C19H22N6/c1-14-12-22-19(23-13-14)25-9-7-24(8-10-25)15(2)16-3-4-17-18(11-16)21-6-5-20-17/h3-6,11-13,15H,7-10H2,1-2H3. The van der Waals surface area contributed by atoms with E-state index in [9.17, 15) is 0 Å². The second-order valence-corrected chi connectivity index (χ2v) is 6.56. The fourth-order valence-electron chi connectivity index (χ4n) is 3.31. The molecule has 0 bridgehead atoms. The van der Waals surface area contributed by atoms with Gasteiger partial charge in [-0.25, -0.2) is 9.97 Å². The molecular weight excluding hydrogens is 312 g/mol. The number of anilines is 1. The first-order chi connectivity index (χ1) is 12.2. The lowest BCUT2D eigenvalue weighted by molar-refractivity contribution is 0.198. The van der Waals surface area contributed by atoms with E-state index in [0.717, 1.165) is 48.7 Å². The van der Waals surface area contributed by atoms with Crippen molar-refractivity contribution in [3.63, 3.8) is 0 Å². The maximum absolute atomic E-state index is 4.45. The van der Waals surface area contributed by atoms with Gasteiger partial charge in [-0.1, -0.05) is 6.07 Å². The summed E-state index contributed by atoms with van der Waals surface area (Å²) < 4.78 is 0. The Labute approximate surface area is 147 Å². The number of rotatable bonds is 3. The van der Waals surface area contributed by atoms with Gasteiger partial charge in [-0.05, 0) is 37.1 Å². The Morgan fingerprint density at radius 1 is 0.880 bits per heavy atom. The molecule has 0 amide bonds. The summed E-state index contributed by atoms with van der Waals surface area (Å²) in [6.07, 6.45) is 7.25. The summed E-state index contributed by atoms with van der Waals surface area (Å²) in [5.41, 5.74) is 4.28. The first-order valence-electron chi connectivity index (χ1n) is 8.69. The average molecular weight is 334 g/mol. The van der Waals surface area contributed by atoms with Crippen molar-refractivity contribution in [3.8, 4) is 0 Å². The molecule has 0 aliphatic carbocycles. The lowest BCUT2D eigenvalue weighted by atomic mass is 10.1. The van der Waals surface area contributed by atoms with Crippen molar-refractivity contribution in [2.75, 3.05) is 31.1 Å². The Hall–Kier alpha value is -2.60. The Bertz CT molecular complexity index is 855. The zero-order valence-corrected chi connectivity index (χ0v) is 14.6. The van der Waals surface area contributed by atoms with Gasteiger partial charge in [0.05, 0.1) is 11.0 Å². The fraction of sp³-hybridized carbons (Fsp3) is 0.368. The van der Waals surface area contributed by atoms with Crippen molar-refractivity contribution in [2.24, 2.45) is 0 Å². The van der Waals surface area contributed by atoms with Gasteiger partial charge in [0.1, 0.15) is 0 Å². The van der Waals surface area contributed by atoms with Crippen LogP contribution >= 0.6 is 0 Å². The Morgan fingerprint density at radius 2 is 1.56 bits per heavy atom. The minimum Gasteiger partial charge on any atom is -0.338 e. The first kappa shape index (κ1) is 15.9. The number of hydrogen-bond acceptors (Lipinski definition) is 6. The van der Waals surface area contributed by atoms with E-state index in [-0.39, 0.29) is 0 Å². The van der Waals surface area contributed by atoms with Crippen molar-refractivity contribution in [1.29, 1.82) is 0 Å². The summed E-state index contributed by atoms with van der Waals surface area (Å²) in [5.74, 6) is 0.832. The molecule has 1 saturated heterocycles. The van der Waals surface area contributed by atoms with Gasteiger partial charge in [0, 0.05) is 57.0 Å². The van der Waals surface area contributed by atoms with E-state index in [1.807, 2.05) is 19.3 Å². The van der Waals surface area contributed by atoms with Crippen LogP contribution in [0.15, 0.2) is 43.0 Å². The van der Waals surface area contributed by atoms with E-state index in [4.69, 9.17) is 0 Å². The van der Waals surface area contributed by atoms with Crippen LogP contribution in [0.4, 0.5) is 5.95 Å². The number of aryl methyl sites for hydroxylation is 1. The summed E-state index contributed by atoms with van der Waals surface area (Å²) in [4.78, 5) is 22.4. The molecule has 1 unspecified atom stereocenters. The molecule has 1 aliphatic rings. The van der Waals surface area contributed by atoms with Crippen molar-refractivity contribution in [1.82, 2.24) is 24.8 Å². The maximum atomic E-state index is 4.45. The van der Waals surface area contributed by atoms with Crippen LogP contribution in [-0.2, 0) is 0 Å². The largest absolute Gasteiger partial charge is 0.338 e. The summed E-state index contributed by atoms with van der Waals surface area (Å²) in [5, 5.41) is 0. The smallest absolute Gasteiger partial charge is 0.225 e. The lowest BCUT2D eigenvalue weighted by Gasteiger charge is -2.38. The van der Waals surface area contributed by atoms with Crippen molar-refractivity contribution in [2.45, 2.75) is 19.9 Å². The molecule has 1 aromatic carbocycles. The predicted molar refractivity (Wildman–Crippen MR) is 98.5 cm³/mol. The first-order valence-corrected chi connectivity index (χ1v) is 8.69. The monoisotopic (exact) mass is 334 g/mol. The van der Waals surface area contributed by atoms with E-state index in [2.05, 4.69) is 54.9 Å². The summed E-state index contributed by atoms with van der Waals surface area (Å²) in [7, 11) is 0. The van der Waals surface area contributed by atoms with Crippen LogP contribution in [-0.4, -0.2) is 51.0 Å². The molecule has 128 valence electrons. The highest BCUT2D eigenvalue weighted by atomic mass is 15.3. The van der Waals surface area contributed by atoms with Crippen LogP contribution in [0.2, 0.25) is 0 Å². The predicted octanol–water partition coefficient (Wildman–Crippen LogP) is 2.61. The van der Waals surface area contributed by atoms with Gasteiger partial charge >= 0.3 is 0 Å². The van der Waals surface area contributed by atoms with Crippen LogP contribution in [0, 0.1) is 6.92 Å². The highest BCUT2D eigenvalue weighted by Gasteiger charge is 2.23. The molecule has 0 saturated carbocycles. The summed E-state index contributed by atoms with van der Waals surface area (Å²) >= 11 is 0. The molecule has 25 heavy (non-hydrogen) atoms. The second kappa shape index (κ2) is 6.72. The molecule has 4 rings (SSSR count). The molecule has 6 heteroatoms.